The van der Waals surface area contributed by atoms with Crippen LogP contribution in [0.4, 0.5) is 8.78 Å². The minimum absolute atomic E-state index is 0.0403. The molecular formula is C10H18BrF2N. The number of halogens is 3. The van der Waals surface area contributed by atoms with Crippen LogP contribution in [0, 0.1) is 0 Å². The maximum absolute atomic E-state index is 12.6. The second-order valence-electron chi connectivity index (χ2n) is 4.35. The number of rotatable bonds is 4. The van der Waals surface area contributed by atoms with Gasteiger partial charge in [0.2, 0.25) is 0 Å². The largest absolute Gasteiger partial charge is 0.322 e. The highest BCUT2D eigenvalue weighted by atomic mass is 79.9. The van der Waals surface area contributed by atoms with Gasteiger partial charge in [-0.1, -0.05) is 6.08 Å². The predicted molar refractivity (Wildman–Crippen MR) is 60.0 cm³/mol. The van der Waals surface area contributed by atoms with Crippen LogP contribution in [0.3, 0.4) is 0 Å². The molecule has 0 saturated heterocycles. The van der Waals surface area contributed by atoms with Crippen molar-refractivity contribution in [3.8, 4) is 0 Å². The summed E-state index contributed by atoms with van der Waals surface area (Å²) >= 11 is 2.31. The normalized spacial score (nSPS) is 14.6. The topological polar surface area (TPSA) is 12.0 Å². The van der Waals surface area contributed by atoms with Crippen molar-refractivity contribution in [3.05, 3.63) is 11.6 Å². The number of alkyl halides is 3. The molecule has 0 aromatic rings. The molecular weight excluding hydrogens is 252 g/mol. The first-order chi connectivity index (χ1) is 6.13. The van der Waals surface area contributed by atoms with E-state index in [-0.39, 0.29) is 11.1 Å². The second-order valence-corrected chi connectivity index (χ2v) is 5.35. The second kappa shape index (κ2) is 5.21. The van der Waals surface area contributed by atoms with Gasteiger partial charge in [-0.25, -0.2) is 0 Å². The Bertz CT molecular complexity index is 201. The molecule has 14 heavy (non-hydrogen) atoms. The summed E-state index contributed by atoms with van der Waals surface area (Å²) in [5.74, 6) is 0. The molecule has 1 nitrogen and oxygen atoms in total. The Labute approximate surface area is 93.1 Å². The highest BCUT2D eigenvalue weighted by molar-refractivity contribution is 9.10. The highest BCUT2D eigenvalue weighted by Gasteiger charge is 2.25. The predicted octanol–water partition coefficient (Wildman–Crippen LogP) is 3.70. The van der Waals surface area contributed by atoms with Crippen LogP contribution < -0.4 is 5.32 Å². The zero-order chi connectivity index (χ0) is 11.4. The van der Waals surface area contributed by atoms with E-state index in [2.05, 4.69) is 21.2 Å². The fourth-order valence-corrected chi connectivity index (χ4v) is 1.01. The number of hydrogen-bond acceptors (Lipinski definition) is 1. The Kier molecular flexibility index (Phi) is 5.23. The van der Waals surface area contributed by atoms with Crippen LogP contribution in [-0.2, 0) is 0 Å². The zero-order valence-electron chi connectivity index (χ0n) is 9.13. The van der Waals surface area contributed by atoms with Gasteiger partial charge in [0.05, 0.1) is 0 Å². The summed E-state index contributed by atoms with van der Waals surface area (Å²) in [4.78, 5) is -2.87. The van der Waals surface area contributed by atoms with Crippen molar-refractivity contribution >= 4 is 15.9 Å². The number of allylic oxidation sites excluding steroid dienone is 1. The fourth-order valence-electron chi connectivity index (χ4n) is 0.852. The van der Waals surface area contributed by atoms with Gasteiger partial charge < -0.3 is 5.32 Å². The molecule has 0 spiro atoms. The Morgan fingerprint density at radius 3 is 2.21 bits per heavy atom. The van der Waals surface area contributed by atoms with Crippen LogP contribution in [0.5, 0.6) is 0 Å². The van der Waals surface area contributed by atoms with E-state index in [1.54, 1.807) is 6.08 Å². The summed E-state index contributed by atoms with van der Waals surface area (Å²) in [6.07, 6.45) is 2.16. The lowest BCUT2D eigenvalue weighted by Gasteiger charge is -2.20. The van der Waals surface area contributed by atoms with Gasteiger partial charge in [0.25, 0.3) is 0 Å². The van der Waals surface area contributed by atoms with Gasteiger partial charge in [-0.3, -0.25) is 0 Å². The quantitative estimate of drug-likeness (QED) is 0.466. The van der Waals surface area contributed by atoms with E-state index >= 15 is 0 Å². The van der Waals surface area contributed by atoms with Gasteiger partial charge in [-0.2, -0.15) is 8.78 Å². The van der Waals surface area contributed by atoms with Crippen molar-refractivity contribution in [3.63, 3.8) is 0 Å². The van der Waals surface area contributed by atoms with Crippen LogP contribution in [0.1, 0.15) is 34.1 Å². The van der Waals surface area contributed by atoms with Crippen molar-refractivity contribution in [2.24, 2.45) is 0 Å². The summed E-state index contributed by atoms with van der Waals surface area (Å²) in [6.45, 7) is 8.27. The monoisotopic (exact) mass is 269 g/mol. The first-order valence-electron chi connectivity index (χ1n) is 4.62. The molecule has 0 atom stereocenters. The molecule has 1 N–H and O–H groups in total. The summed E-state index contributed by atoms with van der Waals surface area (Å²) in [7, 11) is 0. The van der Waals surface area contributed by atoms with E-state index in [0.717, 1.165) is 0 Å². The summed E-state index contributed by atoms with van der Waals surface area (Å²) in [6, 6.07) is 0. The molecule has 0 rings (SSSR count). The molecule has 0 unspecified atom stereocenters. The van der Waals surface area contributed by atoms with Crippen molar-refractivity contribution < 1.29 is 8.78 Å². The molecule has 84 valence electrons. The number of hydrogen-bond donors (Lipinski definition) is 1. The van der Waals surface area contributed by atoms with E-state index in [1.807, 2.05) is 20.8 Å². The Morgan fingerprint density at radius 1 is 1.36 bits per heavy atom. The minimum Gasteiger partial charge on any atom is -0.312 e. The van der Waals surface area contributed by atoms with Crippen LogP contribution in [0.15, 0.2) is 11.6 Å². The summed E-state index contributed by atoms with van der Waals surface area (Å²) < 4.78 is 25.2. The smallest absolute Gasteiger partial charge is 0.312 e. The van der Waals surface area contributed by atoms with Gasteiger partial charge >= 0.3 is 4.83 Å². The molecule has 0 fully saturated rings. The molecule has 0 bridgehead atoms. The first kappa shape index (κ1) is 14.0. The molecule has 0 aromatic heterocycles. The molecule has 0 amide bonds. The Balaban J connectivity index is 3.84. The third kappa shape index (κ3) is 7.44. The Hall–Kier alpha value is 0.0400. The standard InChI is InChI=1S/C10H18BrF2N/c1-8(10(11,12)13)6-5-7-14-9(2,3)4/h6,14H,5,7H2,1-4H3. The number of nitrogens with one attached hydrogen (secondary N) is 1. The lowest BCUT2D eigenvalue weighted by Crippen LogP contribution is -2.36. The molecule has 0 heterocycles. The third-order valence-corrected chi connectivity index (χ3v) is 2.32. The minimum atomic E-state index is -2.87. The van der Waals surface area contributed by atoms with Crippen LogP contribution in [0.25, 0.3) is 0 Å². The van der Waals surface area contributed by atoms with Crippen LogP contribution >= 0.6 is 15.9 Å². The third-order valence-electron chi connectivity index (χ3n) is 1.70. The van der Waals surface area contributed by atoms with Crippen LogP contribution in [-0.4, -0.2) is 16.9 Å². The van der Waals surface area contributed by atoms with E-state index in [9.17, 15) is 8.78 Å². The van der Waals surface area contributed by atoms with Crippen molar-refractivity contribution in [2.75, 3.05) is 6.54 Å². The van der Waals surface area contributed by atoms with E-state index < -0.39 is 4.83 Å². The summed E-state index contributed by atoms with van der Waals surface area (Å²) in [5, 5.41) is 3.22. The molecule has 0 aliphatic heterocycles. The lowest BCUT2D eigenvalue weighted by atomic mass is 10.1. The van der Waals surface area contributed by atoms with Gasteiger partial charge in [-0.15, -0.1) is 0 Å². The maximum Gasteiger partial charge on any atom is 0.322 e. The molecule has 4 heteroatoms. The van der Waals surface area contributed by atoms with Gasteiger partial charge in [0, 0.05) is 11.1 Å². The van der Waals surface area contributed by atoms with Crippen LogP contribution in [0.2, 0.25) is 0 Å². The Morgan fingerprint density at radius 2 is 1.86 bits per heavy atom. The maximum atomic E-state index is 12.6. The SMILES string of the molecule is CC(=CCCNC(C)(C)C)C(F)(F)Br. The first-order valence-corrected chi connectivity index (χ1v) is 5.41. The van der Waals surface area contributed by atoms with Crippen molar-refractivity contribution in [1.82, 2.24) is 5.32 Å². The van der Waals surface area contributed by atoms with Gasteiger partial charge in [0.1, 0.15) is 0 Å². The zero-order valence-corrected chi connectivity index (χ0v) is 10.7. The molecule has 0 aliphatic carbocycles. The molecule has 0 radical (unpaired) electrons. The highest BCUT2D eigenvalue weighted by Crippen LogP contribution is 2.30. The van der Waals surface area contributed by atoms with Gasteiger partial charge in [-0.05, 0) is 56.6 Å². The molecule has 0 saturated carbocycles. The van der Waals surface area contributed by atoms with Gasteiger partial charge in [0.15, 0.2) is 0 Å². The summed E-state index contributed by atoms with van der Waals surface area (Å²) in [5.41, 5.74) is 0.103. The average molecular weight is 270 g/mol. The molecule has 0 aliphatic rings. The average Bonchev–Trinajstić information content (AvgIpc) is 1.93. The van der Waals surface area contributed by atoms with E-state index in [1.165, 1.54) is 6.92 Å². The molecule has 0 aromatic carbocycles. The van der Waals surface area contributed by atoms with E-state index in [0.29, 0.717) is 13.0 Å². The van der Waals surface area contributed by atoms with Crippen molar-refractivity contribution in [1.29, 1.82) is 0 Å². The fraction of sp³-hybridized carbons (Fsp3) is 0.800. The van der Waals surface area contributed by atoms with E-state index in [4.69, 9.17) is 0 Å². The van der Waals surface area contributed by atoms with Crippen molar-refractivity contribution in [2.45, 2.75) is 44.5 Å². The lowest BCUT2D eigenvalue weighted by molar-refractivity contribution is 0.156.